The van der Waals surface area contributed by atoms with Crippen LogP contribution in [0, 0.1) is 6.92 Å². The number of hydrogen-bond acceptors (Lipinski definition) is 3. The molecule has 2 rings (SSSR count). The van der Waals surface area contributed by atoms with E-state index in [-0.39, 0.29) is 6.10 Å². The first-order valence-electron chi connectivity index (χ1n) is 5.84. The molecule has 0 amide bonds. The zero-order chi connectivity index (χ0) is 12.3. The van der Waals surface area contributed by atoms with Crippen LogP contribution in [-0.4, -0.2) is 29.8 Å². The molecular weight excluding hydrogens is 218 g/mol. The summed E-state index contributed by atoms with van der Waals surface area (Å²) in [6.07, 6.45) is 0.779. The van der Waals surface area contributed by atoms with Crippen molar-refractivity contribution in [1.82, 2.24) is 0 Å². The summed E-state index contributed by atoms with van der Waals surface area (Å²) in [5.41, 5.74) is 2.25. The monoisotopic (exact) mass is 235 g/mol. The maximum absolute atomic E-state index is 10.7. The molecule has 4 heteroatoms. The van der Waals surface area contributed by atoms with Crippen molar-refractivity contribution in [1.29, 1.82) is 0 Å². The number of benzene rings is 1. The smallest absolute Gasteiger partial charge is 0.332 e. The number of nitrogens with one attached hydrogen (secondary N) is 1. The molecule has 17 heavy (non-hydrogen) atoms. The third-order valence-corrected chi connectivity index (χ3v) is 2.93. The molecular formula is C13H17NO3. The van der Waals surface area contributed by atoms with Gasteiger partial charge in [0, 0.05) is 12.2 Å². The van der Waals surface area contributed by atoms with Crippen LogP contribution in [-0.2, 0) is 9.53 Å². The highest BCUT2D eigenvalue weighted by Gasteiger charge is 2.29. The highest BCUT2D eigenvalue weighted by molar-refractivity contribution is 5.72. The van der Waals surface area contributed by atoms with Gasteiger partial charge in [-0.05, 0) is 37.5 Å². The second-order valence-electron chi connectivity index (χ2n) is 4.41. The van der Waals surface area contributed by atoms with Gasteiger partial charge < -0.3 is 15.2 Å². The van der Waals surface area contributed by atoms with E-state index in [1.807, 2.05) is 25.1 Å². The van der Waals surface area contributed by atoms with Crippen LogP contribution in [0.25, 0.3) is 0 Å². The Bertz CT molecular complexity index is 405. The lowest BCUT2D eigenvalue weighted by Crippen LogP contribution is -2.24. The van der Waals surface area contributed by atoms with Crippen molar-refractivity contribution in [3.8, 4) is 0 Å². The third kappa shape index (κ3) is 3.20. The molecule has 2 unspecified atom stereocenters. The first-order chi connectivity index (χ1) is 8.15. The van der Waals surface area contributed by atoms with E-state index in [4.69, 9.17) is 9.84 Å². The van der Waals surface area contributed by atoms with Crippen molar-refractivity contribution in [2.75, 3.05) is 11.9 Å². The summed E-state index contributed by atoms with van der Waals surface area (Å²) >= 11 is 0. The Morgan fingerprint density at radius 2 is 2.35 bits per heavy atom. The van der Waals surface area contributed by atoms with E-state index >= 15 is 0 Å². The fraction of sp³-hybridized carbons (Fsp3) is 0.462. The Morgan fingerprint density at radius 3 is 3.00 bits per heavy atom. The molecule has 0 aromatic heterocycles. The van der Waals surface area contributed by atoms with Crippen molar-refractivity contribution < 1.29 is 14.6 Å². The lowest BCUT2D eigenvalue weighted by atomic mass is 10.2. The van der Waals surface area contributed by atoms with Gasteiger partial charge in [-0.3, -0.25) is 0 Å². The van der Waals surface area contributed by atoms with Gasteiger partial charge in [0.1, 0.15) is 0 Å². The van der Waals surface area contributed by atoms with E-state index in [1.165, 1.54) is 5.56 Å². The van der Waals surface area contributed by atoms with Crippen LogP contribution < -0.4 is 5.32 Å². The van der Waals surface area contributed by atoms with Gasteiger partial charge in [-0.2, -0.15) is 0 Å². The summed E-state index contributed by atoms with van der Waals surface area (Å²) in [7, 11) is 0. The minimum atomic E-state index is -0.858. The van der Waals surface area contributed by atoms with Crippen LogP contribution in [0.1, 0.15) is 18.4 Å². The molecule has 0 saturated carbocycles. The van der Waals surface area contributed by atoms with Gasteiger partial charge in [0.15, 0.2) is 6.10 Å². The van der Waals surface area contributed by atoms with Crippen molar-refractivity contribution >= 4 is 11.7 Å². The Kier molecular flexibility index (Phi) is 3.64. The van der Waals surface area contributed by atoms with Crippen LogP contribution in [0.3, 0.4) is 0 Å². The van der Waals surface area contributed by atoms with Gasteiger partial charge in [-0.25, -0.2) is 4.79 Å². The van der Waals surface area contributed by atoms with E-state index in [0.29, 0.717) is 13.0 Å². The van der Waals surface area contributed by atoms with Gasteiger partial charge >= 0.3 is 5.97 Å². The SMILES string of the molecule is Cc1cccc(NCC2CCC(C(=O)O)O2)c1. The lowest BCUT2D eigenvalue weighted by Gasteiger charge is -2.13. The fourth-order valence-corrected chi connectivity index (χ4v) is 2.02. The summed E-state index contributed by atoms with van der Waals surface area (Å²) in [6, 6.07) is 8.09. The summed E-state index contributed by atoms with van der Waals surface area (Å²) in [5.74, 6) is -0.858. The van der Waals surface area contributed by atoms with E-state index < -0.39 is 12.1 Å². The molecule has 1 aromatic rings. The maximum Gasteiger partial charge on any atom is 0.332 e. The minimum absolute atomic E-state index is 0.00314. The number of carboxylic acid groups (broad SMARTS) is 1. The first kappa shape index (κ1) is 11.9. The molecule has 1 aromatic carbocycles. The van der Waals surface area contributed by atoms with E-state index in [0.717, 1.165) is 12.1 Å². The maximum atomic E-state index is 10.7. The van der Waals surface area contributed by atoms with Crippen molar-refractivity contribution in [2.24, 2.45) is 0 Å². The van der Waals surface area contributed by atoms with Crippen LogP contribution >= 0.6 is 0 Å². The zero-order valence-corrected chi connectivity index (χ0v) is 9.85. The van der Waals surface area contributed by atoms with Crippen LogP contribution in [0.2, 0.25) is 0 Å². The molecule has 1 aliphatic rings. The lowest BCUT2D eigenvalue weighted by molar-refractivity contribution is -0.149. The summed E-state index contributed by atoms with van der Waals surface area (Å²) < 4.78 is 5.41. The quantitative estimate of drug-likeness (QED) is 0.838. The second kappa shape index (κ2) is 5.19. The van der Waals surface area contributed by atoms with Crippen molar-refractivity contribution in [3.05, 3.63) is 29.8 Å². The Labute approximate surface area is 101 Å². The van der Waals surface area contributed by atoms with Gasteiger partial charge in [-0.1, -0.05) is 12.1 Å². The first-order valence-corrected chi connectivity index (χ1v) is 5.84. The summed E-state index contributed by atoms with van der Waals surface area (Å²) in [5, 5.41) is 12.1. The molecule has 1 fully saturated rings. The number of carboxylic acids is 1. The molecule has 1 saturated heterocycles. The van der Waals surface area contributed by atoms with Crippen LogP contribution in [0.4, 0.5) is 5.69 Å². The number of hydrogen-bond donors (Lipinski definition) is 2. The van der Waals surface area contributed by atoms with Gasteiger partial charge in [-0.15, -0.1) is 0 Å². The number of rotatable bonds is 4. The predicted molar refractivity (Wildman–Crippen MR) is 65.2 cm³/mol. The van der Waals surface area contributed by atoms with Crippen LogP contribution in [0.15, 0.2) is 24.3 Å². The normalized spacial score (nSPS) is 23.6. The highest BCUT2D eigenvalue weighted by atomic mass is 16.5. The molecule has 1 heterocycles. The Morgan fingerprint density at radius 1 is 1.53 bits per heavy atom. The van der Waals surface area contributed by atoms with Gasteiger partial charge in [0.05, 0.1) is 6.10 Å². The largest absolute Gasteiger partial charge is 0.479 e. The number of ether oxygens (including phenoxy) is 1. The zero-order valence-electron chi connectivity index (χ0n) is 9.85. The molecule has 0 aliphatic carbocycles. The molecule has 0 spiro atoms. The molecule has 0 bridgehead atoms. The number of aryl methyl sites for hydroxylation is 1. The third-order valence-electron chi connectivity index (χ3n) is 2.93. The van der Waals surface area contributed by atoms with E-state index in [9.17, 15) is 4.79 Å². The van der Waals surface area contributed by atoms with E-state index in [1.54, 1.807) is 0 Å². The standard InChI is InChI=1S/C13H17NO3/c1-9-3-2-4-10(7-9)14-8-11-5-6-12(17-11)13(15)16/h2-4,7,11-12,14H,5-6,8H2,1H3,(H,15,16). The molecule has 92 valence electrons. The Balaban J connectivity index is 1.82. The van der Waals surface area contributed by atoms with Crippen molar-refractivity contribution in [2.45, 2.75) is 32.0 Å². The number of carbonyl (C=O) groups is 1. The average Bonchev–Trinajstić information content (AvgIpc) is 2.75. The minimum Gasteiger partial charge on any atom is -0.479 e. The van der Waals surface area contributed by atoms with Gasteiger partial charge in [0.2, 0.25) is 0 Å². The van der Waals surface area contributed by atoms with Crippen LogP contribution in [0.5, 0.6) is 0 Å². The number of aliphatic carboxylic acids is 1. The number of anilines is 1. The predicted octanol–water partition coefficient (Wildman–Crippen LogP) is 2.04. The van der Waals surface area contributed by atoms with E-state index in [2.05, 4.69) is 11.4 Å². The average molecular weight is 235 g/mol. The highest BCUT2D eigenvalue weighted by Crippen LogP contribution is 2.20. The fourth-order valence-electron chi connectivity index (χ4n) is 2.02. The molecule has 1 aliphatic heterocycles. The topological polar surface area (TPSA) is 58.6 Å². The van der Waals surface area contributed by atoms with Gasteiger partial charge in [0.25, 0.3) is 0 Å². The summed E-state index contributed by atoms with van der Waals surface area (Å²) in [4.78, 5) is 10.7. The molecule has 2 atom stereocenters. The summed E-state index contributed by atoms with van der Waals surface area (Å²) in [6.45, 7) is 2.70. The second-order valence-corrected chi connectivity index (χ2v) is 4.41. The molecule has 0 radical (unpaired) electrons. The Hall–Kier alpha value is -1.55. The van der Waals surface area contributed by atoms with Crippen molar-refractivity contribution in [3.63, 3.8) is 0 Å². The molecule has 4 nitrogen and oxygen atoms in total. The molecule has 2 N–H and O–H groups in total.